The highest BCUT2D eigenvalue weighted by Crippen LogP contribution is 2.38. The molecule has 2 aromatic carbocycles. The van der Waals surface area contributed by atoms with E-state index >= 15 is 0 Å². The number of hydrogen-bond donors (Lipinski definition) is 2. The molecule has 0 saturated carbocycles. The van der Waals surface area contributed by atoms with Gasteiger partial charge in [-0.05, 0) is 17.7 Å². The molecule has 2 amide bonds. The second kappa shape index (κ2) is 7.91. The predicted molar refractivity (Wildman–Crippen MR) is 108 cm³/mol. The Morgan fingerprint density at radius 2 is 1.86 bits per heavy atom. The van der Waals surface area contributed by atoms with E-state index in [1.807, 2.05) is 36.4 Å². The Labute approximate surface area is 168 Å². The molecule has 1 saturated heterocycles. The second-order valence-electron chi connectivity index (χ2n) is 7.37. The molecule has 148 valence electrons. The van der Waals surface area contributed by atoms with Gasteiger partial charge in [-0.25, -0.2) is 0 Å². The molecule has 6 heteroatoms. The van der Waals surface area contributed by atoms with Crippen LogP contribution in [-0.4, -0.2) is 24.7 Å². The molecular formula is C23H22N2O4. The van der Waals surface area contributed by atoms with Crippen molar-refractivity contribution in [1.29, 1.82) is 0 Å². The summed E-state index contributed by atoms with van der Waals surface area (Å²) >= 11 is 0. The zero-order valence-corrected chi connectivity index (χ0v) is 16.1. The Hall–Kier alpha value is -3.41. The van der Waals surface area contributed by atoms with E-state index in [0.29, 0.717) is 23.6 Å². The summed E-state index contributed by atoms with van der Waals surface area (Å²) in [4.78, 5) is 38.2. The van der Waals surface area contributed by atoms with Gasteiger partial charge in [0.05, 0.1) is 18.9 Å². The third-order valence-corrected chi connectivity index (χ3v) is 5.48. The predicted octanol–water partition coefficient (Wildman–Crippen LogP) is 3.03. The Morgan fingerprint density at radius 3 is 2.62 bits per heavy atom. The number of piperidine rings is 1. The summed E-state index contributed by atoms with van der Waals surface area (Å²) in [6, 6.07) is 16.7. The molecule has 2 aliphatic rings. The van der Waals surface area contributed by atoms with Gasteiger partial charge in [-0.2, -0.15) is 0 Å². The molecule has 3 atom stereocenters. The summed E-state index contributed by atoms with van der Waals surface area (Å²) < 4.78 is 5.18. The fourth-order valence-corrected chi connectivity index (χ4v) is 4.08. The van der Waals surface area contributed by atoms with E-state index in [1.54, 1.807) is 31.4 Å². The monoisotopic (exact) mass is 390 g/mol. The maximum Gasteiger partial charge on any atom is 0.229 e. The smallest absolute Gasteiger partial charge is 0.229 e. The Morgan fingerprint density at radius 1 is 1.07 bits per heavy atom. The number of ketones is 1. The van der Waals surface area contributed by atoms with E-state index in [2.05, 4.69) is 10.6 Å². The average molecular weight is 390 g/mol. The molecule has 6 nitrogen and oxygen atoms in total. The van der Waals surface area contributed by atoms with E-state index in [9.17, 15) is 14.4 Å². The third kappa shape index (κ3) is 3.92. The van der Waals surface area contributed by atoms with Crippen LogP contribution in [0.3, 0.4) is 0 Å². The maximum absolute atomic E-state index is 13.0. The number of hydrogen-bond acceptors (Lipinski definition) is 4. The van der Waals surface area contributed by atoms with Crippen LogP contribution in [0.25, 0.3) is 0 Å². The number of benzene rings is 2. The summed E-state index contributed by atoms with van der Waals surface area (Å²) in [5.74, 6) is -1.46. The van der Waals surface area contributed by atoms with E-state index in [1.165, 1.54) is 0 Å². The van der Waals surface area contributed by atoms with Crippen molar-refractivity contribution < 1.29 is 19.1 Å². The first kappa shape index (κ1) is 18.9. The van der Waals surface area contributed by atoms with Gasteiger partial charge in [0.2, 0.25) is 11.8 Å². The molecule has 1 fully saturated rings. The summed E-state index contributed by atoms with van der Waals surface area (Å²) in [5.41, 5.74) is 2.12. The zero-order chi connectivity index (χ0) is 20.4. The molecule has 1 aliphatic carbocycles. The molecule has 0 aromatic heterocycles. The lowest BCUT2D eigenvalue weighted by Gasteiger charge is -2.36. The number of rotatable bonds is 4. The number of ether oxygens (including phenoxy) is 1. The first-order chi connectivity index (χ1) is 14.0. The lowest BCUT2D eigenvalue weighted by Crippen LogP contribution is -2.48. The van der Waals surface area contributed by atoms with Gasteiger partial charge in [0.25, 0.3) is 0 Å². The topological polar surface area (TPSA) is 84.5 Å². The van der Waals surface area contributed by atoms with Crippen molar-refractivity contribution >= 4 is 23.3 Å². The van der Waals surface area contributed by atoms with Gasteiger partial charge in [-0.3, -0.25) is 14.4 Å². The van der Waals surface area contributed by atoms with Crippen molar-refractivity contribution in [3.05, 3.63) is 71.9 Å². The van der Waals surface area contributed by atoms with Gasteiger partial charge >= 0.3 is 0 Å². The minimum Gasteiger partial charge on any atom is -0.497 e. The third-order valence-electron chi connectivity index (χ3n) is 5.48. The van der Waals surface area contributed by atoms with Crippen LogP contribution in [0.4, 0.5) is 5.69 Å². The molecule has 0 bridgehead atoms. The lowest BCUT2D eigenvalue weighted by molar-refractivity contribution is -0.136. The van der Waals surface area contributed by atoms with Crippen LogP contribution in [0, 0.1) is 11.8 Å². The van der Waals surface area contributed by atoms with Crippen molar-refractivity contribution in [2.75, 3.05) is 12.4 Å². The van der Waals surface area contributed by atoms with Crippen LogP contribution in [0.5, 0.6) is 5.75 Å². The quantitative estimate of drug-likeness (QED) is 0.841. The number of anilines is 1. The number of methoxy groups -OCH3 is 1. The number of carbonyl (C=O) groups is 3. The van der Waals surface area contributed by atoms with Gasteiger partial charge in [0.15, 0.2) is 0 Å². The molecule has 1 heterocycles. The van der Waals surface area contributed by atoms with Crippen molar-refractivity contribution in [3.63, 3.8) is 0 Å². The van der Waals surface area contributed by atoms with Crippen molar-refractivity contribution in [2.45, 2.75) is 18.8 Å². The average Bonchev–Trinajstić information content (AvgIpc) is 2.73. The van der Waals surface area contributed by atoms with Crippen LogP contribution in [0.15, 0.2) is 66.4 Å². The molecule has 29 heavy (non-hydrogen) atoms. The molecular weight excluding hydrogens is 368 g/mol. The van der Waals surface area contributed by atoms with E-state index in [0.717, 1.165) is 5.56 Å². The SMILES string of the molecule is COc1cccc(NC(=O)[C@H]2CC(=O)NC3=C[C@H](c4ccccc4)CC(=O)[C@H]32)c1. The first-order valence-electron chi connectivity index (χ1n) is 9.59. The number of fused-ring (bicyclic) bond motifs is 1. The van der Waals surface area contributed by atoms with Crippen LogP contribution in [0.1, 0.15) is 24.3 Å². The molecule has 1 aliphatic heterocycles. The van der Waals surface area contributed by atoms with Gasteiger partial charge < -0.3 is 15.4 Å². The van der Waals surface area contributed by atoms with E-state index in [4.69, 9.17) is 4.74 Å². The van der Waals surface area contributed by atoms with Crippen molar-refractivity contribution in [3.8, 4) is 5.75 Å². The van der Waals surface area contributed by atoms with Crippen molar-refractivity contribution in [2.24, 2.45) is 11.8 Å². The summed E-state index contributed by atoms with van der Waals surface area (Å²) in [6.45, 7) is 0. The van der Waals surface area contributed by atoms with E-state index in [-0.39, 0.29) is 29.9 Å². The van der Waals surface area contributed by atoms with Crippen molar-refractivity contribution in [1.82, 2.24) is 5.32 Å². The largest absolute Gasteiger partial charge is 0.497 e. The normalized spacial score (nSPS) is 23.5. The minimum atomic E-state index is -0.731. The van der Waals surface area contributed by atoms with Gasteiger partial charge in [0, 0.05) is 36.2 Å². The number of Topliss-reactive ketones (excluding diaryl/α,β-unsaturated/α-hetero) is 1. The van der Waals surface area contributed by atoms with Crippen LogP contribution < -0.4 is 15.4 Å². The van der Waals surface area contributed by atoms with E-state index < -0.39 is 11.8 Å². The number of carbonyl (C=O) groups excluding carboxylic acids is 3. The standard InChI is InChI=1S/C23H22N2O4/c1-29-17-9-5-8-16(12-17)24-23(28)18-13-21(27)25-19-10-15(11-20(26)22(18)19)14-6-3-2-4-7-14/h2-10,12,15,18,22H,11,13H2,1H3,(H,24,28)(H,25,27)/t15-,18-,22-/m0/s1. The van der Waals surface area contributed by atoms with Crippen LogP contribution in [0.2, 0.25) is 0 Å². The molecule has 2 N–H and O–H groups in total. The molecule has 0 radical (unpaired) electrons. The molecule has 4 rings (SSSR count). The number of nitrogens with one attached hydrogen (secondary N) is 2. The van der Waals surface area contributed by atoms with Gasteiger partial charge in [-0.1, -0.05) is 42.5 Å². The molecule has 0 spiro atoms. The summed E-state index contributed by atoms with van der Waals surface area (Å²) in [7, 11) is 1.55. The lowest BCUT2D eigenvalue weighted by atomic mass is 9.72. The highest BCUT2D eigenvalue weighted by atomic mass is 16.5. The second-order valence-corrected chi connectivity index (χ2v) is 7.37. The highest BCUT2D eigenvalue weighted by Gasteiger charge is 2.44. The Bertz CT molecular complexity index is 983. The molecule has 0 unspecified atom stereocenters. The summed E-state index contributed by atoms with van der Waals surface area (Å²) in [5, 5.41) is 5.64. The van der Waals surface area contributed by atoms with Gasteiger partial charge in [-0.15, -0.1) is 0 Å². The number of amides is 2. The fraction of sp³-hybridized carbons (Fsp3) is 0.261. The fourth-order valence-electron chi connectivity index (χ4n) is 4.08. The minimum absolute atomic E-state index is 0.0143. The number of allylic oxidation sites excluding steroid dienone is 2. The zero-order valence-electron chi connectivity index (χ0n) is 16.1. The Balaban J connectivity index is 1.59. The van der Waals surface area contributed by atoms with Gasteiger partial charge in [0.1, 0.15) is 11.5 Å². The van der Waals surface area contributed by atoms with Crippen LogP contribution in [-0.2, 0) is 14.4 Å². The van der Waals surface area contributed by atoms with Crippen LogP contribution >= 0.6 is 0 Å². The maximum atomic E-state index is 13.0. The molecule has 2 aromatic rings. The first-order valence-corrected chi connectivity index (χ1v) is 9.59. The Kier molecular flexibility index (Phi) is 5.16. The highest BCUT2D eigenvalue weighted by molar-refractivity contribution is 6.02. The summed E-state index contributed by atoms with van der Waals surface area (Å²) in [6.07, 6.45) is 2.22.